The van der Waals surface area contributed by atoms with Gasteiger partial charge >= 0.3 is 5.97 Å². The average molecular weight is 436 g/mol. The van der Waals surface area contributed by atoms with E-state index in [4.69, 9.17) is 25.1 Å². The van der Waals surface area contributed by atoms with Gasteiger partial charge in [0.1, 0.15) is 27.0 Å². The highest BCUT2D eigenvalue weighted by Gasteiger charge is 2.41. The maximum Gasteiger partial charge on any atom is 0.329 e. The van der Waals surface area contributed by atoms with Gasteiger partial charge in [-0.15, -0.1) is 5.54 Å². The van der Waals surface area contributed by atoms with Crippen molar-refractivity contribution in [1.29, 1.82) is 0 Å². The molecule has 168 valence electrons. The second kappa shape index (κ2) is 12.6. The van der Waals surface area contributed by atoms with Gasteiger partial charge in [-0.3, -0.25) is 0 Å². The lowest BCUT2D eigenvalue weighted by Crippen LogP contribution is -2.43. The smallest absolute Gasteiger partial charge is 0.329 e. The quantitative estimate of drug-likeness (QED) is 0.220. The number of nitrogens with two attached hydrogens (primary N) is 1. The predicted octanol–water partition coefficient (Wildman–Crippen LogP) is 4.33. The lowest BCUT2D eigenvalue weighted by molar-refractivity contribution is -0.142. The summed E-state index contributed by atoms with van der Waals surface area (Å²) in [5.41, 5.74) is 12.9. The van der Waals surface area contributed by atoms with Crippen LogP contribution in [-0.4, -0.2) is 52.2 Å². The molecule has 0 saturated carbocycles. The summed E-state index contributed by atoms with van der Waals surface area (Å²) in [5.74, 6) is 3.07. The Bertz CT molecular complexity index is 715. The molecule has 0 atom stereocenters. The van der Waals surface area contributed by atoms with Gasteiger partial charge in [-0.1, -0.05) is 47.5 Å². The van der Waals surface area contributed by atoms with Crippen LogP contribution in [0.3, 0.4) is 0 Å². The first-order valence-electron chi connectivity index (χ1n) is 10.5. The summed E-state index contributed by atoms with van der Waals surface area (Å²) in [6, 6.07) is 5.58. The molecule has 0 aliphatic heterocycles. The minimum atomic E-state index is -1.81. The summed E-state index contributed by atoms with van der Waals surface area (Å²) >= 11 is 0. The molecule has 3 N–H and O–H groups in total. The molecular weight excluding hydrogens is 398 g/mol. The Kier molecular flexibility index (Phi) is 11.0. The summed E-state index contributed by atoms with van der Waals surface area (Å²) in [6.07, 6.45) is 0. The van der Waals surface area contributed by atoms with Gasteiger partial charge in [0.15, 0.2) is 0 Å². The molecule has 30 heavy (non-hydrogen) atoms. The number of benzene rings is 1. The van der Waals surface area contributed by atoms with Gasteiger partial charge in [0.25, 0.3) is 0 Å². The van der Waals surface area contributed by atoms with Crippen LogP contribution in [0, 0.1) is 11.5 Å². The number of hydrogen-bond acceptors (Lipinski definition) is 5. The first-order chi connectivity index (χ1) is 14.1. The van der Waals surface area contributed by atoms with Crippen molar-refractivity contribution in [2.45, 2.75) is 58.2 Å². The lowest BCUT2D eigenvalue weighted by Gasteiger charge is -2.38. The molecule has 0 bridgehead atoms. The van der Waals surface area contributed by atoms with E-state index in [0.717, 1.165) is 5.56 Å². The van der Waals surface area contributed by atoms with Gasteiger partial charge in [-0.05, 0) is 28.8 Å². The average Bonchev–Trinajstić information content (AvgIpc) is 2.63. The van der Waals surface area contributed by atoms with E-state index in [9.17, 15) is 4.79 Å². The fraction of sp³-hybridized carbons (Fsp3) is 0.609. The number of nitrogen functional groups attached to an aromatic ring is 1. The van der Waals surface area contributed by atoms with Crippen molar-refractivity contribution in [3.63, 3.8) is 0 Å². The summed E-state index contributed by atoms with van der Waals surface area (Å²) in [4.78, 5) is 10.3. The number of carbonyl (C=O) groups is 1. The highest BCUT2D eigenvalue weighted by atomic mass is 28.3. The fourth-order valence-corrected chi connectivity index (χ4v) is 9.22. The molecule has 1 aromatic rings. The van der Waals surface area contributed by atoms with Gasteiger partial charge in [-0.25, -0.2) is 4.79 Å². The van der Waals surface area contributed by atoms with Crippen LogP contribution in [0.25, 0.3) is 0 Å². The molecule has 7 heteroatoms. The van der Waals surface area contributed by atoms with Crippen molar-refractivity contribution in [3.05, 3.63) is 23.8 Å². The second-order valence-corrected chi connectivity index (χ2v) is 13.9. The third-order valence-corrected chi connectivity index (χ3v) is 11.6. The van der Waals surface area contributed by atoms with E-state index in [0.29, 0.717) is 47.9 Å². The Morgan fingerprint density at radius 3 is 2.10 bits per heavy atom. The van der Waals surface area contributed by atoms with Crippen molar-refractivity contribution in [3.8, 4) is 17.2 Å². The van der Waals surface area contributed by atoms with Crippen molar-refractivity contribution in [1.82, 2.24) is 0 Å². The maximum atomic E-state index is 10.3. The van der Waals surface area contributed by atoms with Gasteiger partial charge < -0.3 is 25.1 Å². The van der Waals surface area contributed by atoms with Crippen LogP contribution in [0.4, 0.5) is 5.69 Å². The maximum absolute atomic E-state index is 10.3. The van der Waals surface area contributed by atoms with Crippen LogP contribution >= 0.6 is 0 Å². The predicted molar refractivity (Wildman–Crippen MR) is 124 cm³/mol. The van der Waals surface area contributed by atoms with Crippen LogP contribution < -0.4 is 10.5 Å². The highest BCUT2D eigenvalue weighted by Crippen LogP contribution is 2.40. The van der Waals surface area contributed by atoms with Gasteiger partial charge in [0, 0.05) is 17.3 Å². The number of ether oxygens (including phenoxy) is 3. The Hall–Kier alpha value is -2.01. The first kappa shape index (κ1) is 26.0. The number of rotatable bonds is 12. The zero-order chi connectivity index (χ0) is 22.7. The Balaban J connectivity index is 2.72. The Morgan fingerprint density at radius 2 is 1.53 bits per heavy atom. The molecule has 6 nitrogen and oxygen atoms in total. The minimum Gasteiger partial charge on any atom is -0.491 e. The number of anilines is 1. The first-order valence-corrected chi connectivity index (χ1v) is 12.8. The van der Waals surface area contributed by atoms with E-state index in [-0.39, 0.29) is 13.2 Å². The third kappa shape index (κ3) is 8.02. The molecule has 0 saturated heterocycles. The lowest BCUT2D eigenvalue weighted by atomic mass is 10.2. The SMILES string of the molecule is CC(C)[Si](C#Cc1cc(N)cc(OCCOCCOCC(=O)O)c1)(C(C)C)C(C)C. The number of carboxylic acid groups (broad SMARTS) is 1. The summed E-state index contributed by atoms with van der Waals surface area (Å²) < 4.78 is 16.0. The molecule has 0 heterocycles. The summed E-state index contributed by atoms with van der Waals surface area (Å²) in [6.45, 7) is 14.7. The van der Waals surface area contributed by atoms with E-state index < -0.39 is 14.0 Å². The normalized spacial score (nSPS) is 11.6. The zero-order valence-electron chi connectivity index (χ0n) is 19.2. The summed E-state index contributed by atoms with van der Waals surface area (Å²) in [5, 5.41) is 8.49. The van der Waals surface area contributed by atoms with Crippen LogP contribution in [0.15, 0.2) is 18.2 Å². The van der Waals surface area contributed by atoms with Crippen LogP contribution in [-0.2, 0) is 14.3 Å². The van der Waals surface area contributed by atoms with E-state index >= 15 is 0 Å². The second-order valence-electron chi connectivity index (χ2n) is 8.34. The molecule has 1 aromatic carbocycles. The Labute approximate surface area is 182 Å². The molecular formula is C23H37NO5Si. The Morgan fingerprint density at radius 1 is 0.967 bits per heavy atom. The number of carboxylic acids is 1. The molecule has 1 rings (SSSR count). The monoisotopic (exact) mass is 435 g/mol. The van der Waals surface area contributed by atoms with Gasteiger partial charge in [0.2, 0.25) is 0 Å². The third-order valence-electron chi connectivity index (χ3n) is 5.31. The zero-order valence-corrected chi connectivity index (χ0v) is 20.2. The molecule has 0 aliphatic carbocycles. The van der Waals surface area contributed by atoms with Crippen molar-refractivity contribution < 1.29 is 24.1 Å². The summed E-state index contributed by atoms with van der Waals surface area (Å²) in [7, 11) is -1.81. The van der Waals surface area contributed by atoms with E-state index in [1.165, 1.54) is 0 Å². The molecule has 0 aromatic heterocycles. The topological polar surface area (TPSA) is 91.0 Å². The molecule has 0 radical (unpaired) electrons. The number of aliphatic carboxylic acids is 1. The van der Waals surface area contributed by atoms with Crippen LogP contribution in [0.5, 0.6) is 5.75 Å². The van der Waals surface area contributed by atoms with Crippen LogP contribution in [0.2, 0.25) is 16.6 Å². The fourth-order valence-electron chi connectivity index (χ4n) is 3.99. The largest absolute Gasteiger partial charge is 0.491 e. The molecule has 0 fully saturated rings. The standard InChI is InChI=1S/C23H37NO5Si/c1-17(2)30(18(3)4,19(5)6)12-7-20-13-21(24)15-22(14-20)29-11-10-27-8-9-28-16-23(25)26/h13-15,17-19H,8-11,16,24H2,1-6H3,(H,25,26). The molecule has 0 amide bonds. The molecule has 0 spiro atoms. The highest BCUT2D eigenvalue weighted by molar-refractivity contribution is 6.90. The van der Waals surface area contributed by atoms with Gasteiger partial charge in [-0.2, -0.15) is 0 Å². The van der Waals surface area contributed by atoms with Crippen molar-refractivity contribution in [2.75, 3.05) is 38.8 Å². The van der Waals surface area contributed by atoms with Crippen molar-refractivity contribution in [2.24, 2.45) is 0 Å². The van der Waals surface area contributed by atoms with E-state index in [1.54, 1.807) is 6.07 Å². The van der Waals surface area contributed by atoms with E-state index in [1.807, 2.05) is 12.1 Å². The van der Waals surface area contributed by atoms with Gasteiger partial charge in [0.05, 0.1) is 19.8 Å². The van der Waals surface area contributed by atoms with Crippen molar-refractivity contribution >= 4 is 19.7 Å². The molecule has 0 aliphatic rings. The molecule has 0 unspecified atom stereocenters. The van der Waals surface area contributed by atoms with Crippen LogP contribution in [0.1, 0.15) is 47.1 Å². The minimum absolute atomic E-state index is 0.234. The number of hydrogen-bond donors (Lipinski definition) is 2. The van der Waals surface area contributed by atoms with E-state index in [2.05, 4.69) is 53.0 Å².